The smallest absolute Gasteiger partial charge is 0.211 e. The molecule has 2 atom stereocenters. The molecule has 1 N–H and O–H groups in total. The molecule has 0 bridgehead atoms. The van der Waals surface area contributed by atoms with Crippen LogP contribution < -0.4 is 5.32 Å². The fourth-order valence-electron chi connectivity index (χ4n) is 2.66. The van der Waals surface area contributed by atoms with Crippen molar-refractivity contribution in [3.8, 4) is 0 Å². The third kappa shape index (κ3) is 3.97. The van der Waals surface area contributed by atoms with E-state index in [0.29, 0.717) is 36.8 Å². The van der Waals surface area contributed by atoms with Gasteiger partial charge >= 0.3 is 0 Å². The number of rotatable bonds is 5. The second-order valence-corrected chi connectivity index (χ2v) is 7.63. The summed E-state index contributed by atoms with van der Waals surface area (Å²) in [6, 6.07) is 3.88. The van der Waals surface area contributed by atoms with Gasteiger partial charge in [0.2, 0.25) is 10.0 Å². The molecule has 1 aliphatic heterocycles. The minimum Gasteiger partial charge on any atom is -0.448 e. The van der Waals surface area contributed by atoms with Crippen LogP contribution in [0.25, 0.3) is 0 Å². The summed E-state index contributed by atoms with van der Waals surface area (Å²) in [5, 5.41) is 3.84. The van der Waals surface area contributed by atoms with E-state index in [4.69, 9.17) is 16.0 Å². The Kier molecular flexibility index (Phi) is 5.12. The second kappa shape index (κ2) is 6.47. The fraction of sp³-hybridized carbons (Fsp3) is 0.692. The van der Waals surface area contributed by atoms with Crippen molar-refractivity contribution < 1.29 is 12.8 Å². The van der Waals surface area contributed by atoms with Crippen molar-refractivity contribution in [3.05, 3.63) is 23.1 Å². The summed E-state index contributed by atoms with van der Waals surface area (Å²) in [6.07, 6.45) is 3.04. The number of hydrogen-bond donors (Lipinski definition) is 1. The topological polar surface area (TPSA) is 62.6 Å². The molecule has 1 aliphatic rings. The molecule has 0 amide bonds. The lowest BCUT2D eigenvalue weighted by atomic mass is 9.91. The molecule has 2 heterocycles. The number of nitrogens with one attached hydrogen (secondary N) is 1. The second-order valence-electron chi connectivity index (χ2n) is 5.27. The van der Waals surface area contributed by atoms with Crippen LogP contribution in [0.4, 0.5) is 0 Å². The zero-order valence-corrected chi connectivity index (χ0v) is 13.4. The van der Waals surface area contributed by atoms with E-state index in [1.807, 2.05) is 6.07 Å². The molecule has 0 aromatic carbocycles. The third-order valence-corrected chi connectivity index (χ3v) is 5.33. The molecule has 7 heteroatoms. The molecule has 1 fully saturated rings. The molecule has 1 saturated heterocycles. The average molecular weight is 321 g/mol. The van der Waals surface area contributed by atoms with Gasteiger partial charge in [0, 0.05) is 19.1 Å². The molecule has 114 valence electrons. The highest BCUT2D eigenvalue weighted by Gasteiger charge is 2.31. The highest BCUT2D eigenvalue weighted by atomic mass is 35.5. The SMILES string of the molecule is CC[C@@H]1CN(S(C)(=O)=O)CC[C@@H]1NCc1ccc(Cl)o1. The first-order chi connectivity index (χ1) is 9.40. The van der Waals surface area contributed by atoms with E-state index in [9.17, 15) is 8.42 Å². The summed E-state index contributed by atoms with van der Waals surface area (Å²) < 4.78 is 30.1. The van der Waals surface area contributed by atoms with E-state index in [2.05, 4.69) is 12.2 Å². The Hall–Kier alpha value is -0.560. The van der Waals surface area contributed by atoms with Crippen LogP contribution in [0.2, 0.25) is 5.22 Å². The number of halogens is 1. The van der Waals surface area contributed by atoms with Gasteiger partial charge in [-0.15, -0.1) is 0 Å². The molecule has 1 aromatic heterocycles. The van der Waals surface area contributed by atoms with E-state index in [-0.39, 0.29) is 0 Å². The zero-order valence-electron chi connectivity index (χ0n) is 11.8. The molecular weight excluding hydrogens is 300 g/mol. The number of hydrogen-bond acceptors (Lipinski definition) is 4. The summed E-state index contributed by atoms with van der Waals surface area (Å²) >= 11 is 5.74. The van der Waals surface area contributed by atoms with Crippen molar-refractivity contribution in [1.29, 1.82) is 0 Å². The number of nitrogens with zero attached hydrogens (tertiary/aromatic N) is 1. The van der Waals surface area contributed by atoms with Crippen molar-refractivity contribution in [2.45, 2.75) is 32.4 Å². The van der Waals surface area contributed by atoms with Crippen LogP contribution in [-0.4, -0.2) is 38.1 Å². The molecule has 0 saturated carbocycles. The maximum Gasteiger partial charge on any atom is 0.211 e. The highest BCUT2D eigenvalue weighted by Crippen LogP contribution is 2.23. The Bertz CT molecular complexity index is 544. The largest absolute Gasteiger partial charge is 0.448 e. The fourth-order valence-corrected chi connectivity index (χ4v) is 3.72. The first kappa shape index (κ1) is 15.8. The summed E-state index contributed by atoms with van der Waals surface area (Å²) in [7, 11) is -3.09. The Morgan fingerprint density at radius 3 is 2.80 bits per heavy atom. The third-order valence-electron chi connectivity index (χ3n) is 3.86. The predicted molar refractivity (Wildman–Crippen MR) is 79.2 cm³/mol. The van der Waals surface area contributed by atoms with Gasteiger partial charge in [-0.05, 0) is 36.1 Å². The molecule has 0 radical (unpaired) electrons. The van der Waals surface area contributed by atoms with Gasteiger partial charge < -0.3 is 9.73 Å². The van der Waals surface area contributed by atoms with Crippen LogP contribution in [0.5, 0.6) is 0 Å². The Labute approximate surface area is 125 Å². The Morgan fingerprint density at radius 2 is 2.25 bits per heavy atom. The van der Waals surface area contributed by atoms with E-state index in [0.717, 1.165) is 18.6 Å². The number of sulfonamides is 1. The van der Waals surface area contributed by atoms with E-state index >= 15 is 0 Å². The lowest BCUT2D eigenvalue weighted by Gasteiger charge is -2.37. The van der Waals surface area contributed by atoms with Crippen molar-refractivity contribution in [2.75, 3.05) is 19.3 Å². The summed E-state index contributed by atoms with van der Waals surface area (Å²) in [5.41, 5.74) is 0. The highest BCUT2D eigenvalue weighted by molar-refractivity contribution is 7.88. The summed E-state index contributed by atoms with van der Waals surface area (Å²) in [4.78, 5) is 0. The zero-order chi connectivity index (χ0) is 14.8. The van der Waals surface area contributed by atoms with Crippen molar-refractivity contribution in [1.82, 2.24) is 9.62 Å². The molecule has 0 spiro atoms. The Morgan fingerprint density at radius 1 is 1.50 bits per heavy atom. The summed E-state index contributed by atoms with van der Waals surface area (Å²) in [5.74, 6) is 1.12. The van der Waals surface area contributed by atoms with Gasteiger partial charge in [-0.25, -0.2) is 12.7 Å². The van der Waals surface area contributed by atoms with Gasteiger partial charge in [-0.1, -0.05) is 13.3 Å². The van der Waals surface area contributed by atoms with Crippen LogP contribution in [-0.2, 0) is 16.6 Å². The number of furan rings is 1. The predicted octanol–water partition coefficient (Wildman–Crippen LogP) is 2.08. The lowest BCUT2D eigenvalue weighted by Crippen LogP contribution is -2.50. The van der Waals surface area contributed by atoms with Crippen LogP contribution in [0, 0.1) is 5.92 Å². The first-order valence-corrected chi connectivity index (χ1v) is 9.05. The van der Waals surface area contributed by atoms with Crippen LogP contribution in [0.1, 0.15) is 25.5 Å². The van der Waals surface area contributed by atoms with Crippen molar-refractivity contribution in [2.24, 2.45) is 5.92 Å². The van der Waals surface area contributed by atoms with E-state index < -0.39 is 10.0 Å². The van der Waals surface area contributed by atoms with E-state index in [1.165, 1.54) is 6.26 Å². The monoisotopic (exact) mass is 320 g/mol. The molecule has 2 rings (SSSR count). The van der Waals surface area contributed by atoms with Gasteiger partial charge in [-0.2, -0.15) is 0 Å². The maximum atomic E-state index is 11.6. The summed E-state index contributed by atoms with van der Waals surface area (Å²) in [6.45, 7) is 3.87. The van der Waals surface area contributed by atoms with Gasteiger partial charge in [0.15, 0.2) is 5.22 Å². The van der Waals surface area contributed by atoms with Crippen molar-refractivity contribution in [3.63, 3.8) is 0 Å². The van der Waals surface area contributed by atoms with E-state index in [1.54, 1.807) is 10.4 Å². The maximum absolute atomic E-state index is 11.6. The average Bonchev–Trinajstić information content (AvgIpc) is 2.81. The quantitative estimate of drug-likeness (QED) is 0.902. The van der Waals surface area contributed by atoms with Gasteiger partial charge in [0.25, 0.3) is 0 Å². The van der Waals surface area contributed by atoms with Crippen LogP contribution in [0.3, 0.4) is 0 Å². The first-order valence-electron chi connectivity index (χ1n) is 6.83. The molecular formula is C13H21ClN2O3S. The minimum absolute atomic E-state index is 0.307. The molecule has 0 aliphatic carbocycles. The van der Waals surface area contributed by atoms with Gasteiger partial charge in [0.1, 0.15) is 5.76 Å². The lowest BCUT2D eigenvalue weighted by molar-refractivity contribution is 0.199. The molecule has 1 aromatic rings. The Balaban J connectivity index is 1.92. The molecule has 0 unspecified atom stereocenters. The van der Waals surface area contributed by atoms with Crippen molar-refractivity contribution >= 4 is 21.6 Å². The van der Waals surface area contributed by atoms with Crippen LogP contribution >= 0.6 is 11.6 Å². The van der Waals surface area contributed by atoms with Crippen LogP contribution in [0.15, 0.2) is 16.5 Å². The standard InChI is InChI=1S/C13H21ClN2O3S/c1-3-10-9-16(20(2,17)18)7-6-12(10)15-8-11-4-5-13(14)19-11/h4-5,10,12,15H,3,6-9H2,1-2H3/t10-,12+/m1/s1. The normalized spacial score (nSPS) is 24.9. The molecule has 20 heavy (non-hydrogen) atoms. The molecule has 5 nitrogen and oxygen atoms in total. The minimum atomic E-state index is -3.09. The van der Waals surface area contributed by atoms with Gasteiger partial charge in [0.05, 0.1) is 12.8 Å². The van der Waals surface area contributed by atoms with Gasteiger partial charge in [-0.3, -0.25) is 0 Å². The number of piperidine rings is 1.